The highest BCUT2D eigenvalue weighted by Gasteiger charge is 2.37. The third kappa shape index (κ3) is 4.69. The summed E-state index contributed by atoms with van der Waals surface area (Å²) in [7, 11) is 0. The number of nitrogens with one attached hydrogen (secondary N) is 1. The zero-order valence-corrected chi connectivity index (χ0v) is 14.7. The molecule has 0 radical (unpaired) electrons. The van der Waals surface area contributed by atoms with Gasteiger partial charge >= 0.3 is 24.2 Å². The maximum atomic E-state index is 12.9. The van der Waals surface area contributed by atoms with Crippen LogP contribution in [-0.4, -0.2) is 23.3 Å². The molecule has 154 valence electrons. The van der Waals surface area contributed by atoms with E-state index in [2.05, 4.69) is 0 Å². The minimum atomic E-state index is -5.05. The molecule has 2 aromatic carbocycles. The van der Waals surface area contributed by atoms with E-state index < -0.39 is 41.0 Å². The molecule has 0 aromatic heterocycles. The van der Waals surface area contributed by atoms with E-state index in [1.807, 2.05) is 17.4 Å². The predicted molar refractivity (Wildman–Crippen MR) is 90.6 cm³/mol. The molecule has 1 N–H and O–H groups in total. The largest absolute Gasteiger partial charge is 0.416 e. The van der Waals surface area contributed by atoms with Crippen molar-refractivity contribution in [3.05, 3.63) is 64.7 Å². The first kappa shape index (κ1) is 20.7. The zero-order chi connectivity index (χ0) is 21.4. The number of anilines is 1. The number of alkyl halides is 6. The summed E-state index contributed by atoms with van der Waals surface area (Å²) in [6.45, 7) is 0.332. The van der Waals surface area contributed by atoms with Crippen LogP contribution in [0.2, 0.25) is 0 Å². The van der Waals surface area contributed by atoms with Gasteiger partial charge in [0, 0.05) is 18.8 Å². The predicted octanol–water partition coefficient (Wildman–Crippen LogP) is 4.25. The van der Waals surface area contributed by atoms with Gasteiger partial charge in [-0.05, 0) is 35.7 Å². The molecule has 3 rings (SSSR count). The number of fused-ring (bicyclic) bond motifs is 1. The zero-order valence-electron chi connectivity index (χ0n) is 14.7. The first-order valence-corrected chi connectivity index (χ1v) is 8.41. The Balaban J connectivity index is 1.80. The molecular weight excluding hydrogens is 402 g/mol. The molecule has 0 unspecified atom stereocenters. The monoisotopic (exact) mass is 416 g/mol. The van der Waals surface area contributed by atoms with Crippen molar-refractivity contribution in [3.63, 3.8) is 0 Å². The average Bonchev–Trinajstić information content (AvgIpc) is 2.65. The van der Waals surface area contributed by atoms with Gasteiger partial charge in [-0.3, -0.25) is 9.59 Å². The van der Waals surface area contributed by atoms with Crippen LogP contribution in [-0.2, 0) is 34.9 Å². The molecule has 29 heavy (non-hydrogen) atoms. The molecule has 2 amide bonds. The standard InChI is InChI=1S/C19H14F6N2O2/c20-18(21,22)13-7-14(19(23,24)25)9-15(8-13)26-16(28)17(29)27-6-5-11-3-1-2-4-12(11)10-27/h1-4,7-9H,5-6,10H2,(H,26,28). The van der Waals surface area contributed by atoms with Crippen molar-refractivity contribution in [1.82, 2.24) is 4.90 Å². The Bertz CT molecular complexity index is 920. The Morgan fingerprint density at radius 2 is 1.41 bits per heavy atom. The summed E-state index contributed by atoms with van der Waals surface area (Å²) in [5.41, 5.74) is -2.10. The van der Waals surface area contributed by atoms with E-state index in [4.69, 9.17) is 0 Å². The van der Waals surface area contributed by atoms with E-state index in [1.54, 1.807) is 12.1 Å². The summed E-state index contributed by atoms with van der Waals surface area (Å²) in [6.07, 6.45) is -9.63. The van der Waals surface area contributed by atoms with E-state index in [9.17, 15) is 35.9 Å². The van der Waals surface area contributed by atoms with E-state index in [1.165, 1.54) is 4.90 Å². The van der Waals surface area contributed by atoms with Gasteiger partial charge in [0.15, 0.2) is 0 Å². The molecule has 0 saturated carbocycles. The Hall–Kier alpha value is -3.04. The maximum Gasteiger partial charge on any atom is 0.416 e. The van der Waals surface area contributed by atoms with Gasteiger partial charge in [0.1, 0.15) is 0 Å². The number of halogens is 6. The minimum Gasteiger partial charge on any atom is -0.330 e. The lowest BCUT2D eigenvalue weighted by atomic mass is 10.00. The van der Waals surface area contributed by atoms with Gasteiger partial charge in [0.25, 0.3) is 0 Å². The number of benzene rings is 2. The lowest BCUT2D eigenvalue weighted by molar-refractivity contribution is -0.143. The third-order valence-electron chi connectivity index (χ3n) is 4.46. The van der Waals surface area contributed by atoms with Crippen LogP contribution in [0.15, 0.2) is 42.5 Å². The summed E-state index contributed by atoms with van der Waals surface area (Å²) in [6, 6.07) is 7.88. The molecule has 2 aromatic rings. The van der Waals surface area contributed by atoms with Gasteiger partial charge < -0.3 is 10.2 Å². The van der Waals surface area contributed by atoms with Crippen LogP contribution in [0.5, 0.6) is 0 Å². The summed E-state index contributed by atoms with van der Waals surface area (Å²) < 4.78 is 77.5. The van der Waals surface area contributed by atoms with Crippen LogP contribution in [0.25, 0.3) is 0 Å². The van der Waals surface area contributed by atoms with Crippen LogP contribution in [0.1, 0.15) is 22.3 Å². The third-order valence-corrected chi connectivity index (χ3v) is 4.46. The molecule has 0 bridgehead atoms. The number of nitrogens with zero attached hydrogens (tertiary/aromatic N) is 1. The highest BCUT2D eigenvalue weighted by atomic mass is 19.4. The first-order chi connectivity index (χ1) is 13.4. The fourth-order valence-corrected chi connectivity index (χ4v) is 3.02. The highest BCUT2D eigenvalue weighted by molar-refractivity contribution is 6.39. The van der Waals surface area contributed by atoms with Crippen LogP contribution in [0.4, 0.5) is 32.0 Å². The number of amides is 2. The SMILES string of the molecule is O=C(Nc1cc(C(F)(F)F)cc(C(F)(F)F)c1)C(=O)N1CCc2ccccc2C1. The summed E-state index contributed by atoms with van der Waals surface area (Å²) in [5, 5.41) is 1.86. The van der Waals surface area contributed by atoms with Crippen molar-refractivity contribution in [1.29, 1.82) is 0 Å². The fourth-order valence-electron chi connectivity index (χ4n) is 3.02. The number of carbonyl (C=O) groups excluding carboxylic acids is 2. The molecule has 10 heteroatoms. The van der Waals surface area contributed by atoms with Crippen LogP contribution < -0.4 is 5.32 Å². The van der Waals surface area contributed by atoms with Crippen molar-refractivity contribution in [2.24, 2.45) is 0 Å². The van der Waals surface area contributed by atoms with Crippen molar-refractivity contribution >= 4 is 17.5 Å². The van der Waals surface area contributed by atoms with Crippen molar-refractivity contribution in [3.8, 4) is 0 Å². The average molecular weight is 416 g/mol. The van der Waals surface area contributed by atoms with Crippen LogP contribution in [0, 0.1) is 0 Å². The Kier molecular flexibility index (Phi) is 5.29. The van der Waals surface area contributed by atoms with Gasteiger partial charge in [-0.1, -0.05) is 24.3 Å². The lowest BCUT2D eigenvalue weighted by Gasteiger charge is -2.28. The van der Waals surface area contributed by atoms with Crippen molar-refractivity contribution in [2.75, 3.05) is 11.9 Å². The fraction of sp³-hybridized carbons (Fsp3) is 0.263. The summed E-state index contributed by atoms with van der Waals surface area (Å²) in [4.78, 5) is 25.7. The second-order valence-electron chi connectivity index (χ2n) is 6.49. The second-order valence-corrected chi connectivity index (χ2v) is 6.49. The maximum absolute atomic E-state index is 12.9. The molecule has 1 aliphatic rings. The van der Waals surface area contributed by atoms with Crippen molar-refractivity contribution in [2.45, 2.75) is 25.3 Å². The number of carbonyl (C=O) groups is 2. The molecule has 1 heterocycles. The van der Waals surface area contributed by atoms with Gasteiger partial charge in [-0.15, -0.1) is 0 Å². The van der Waals surface area contributed by atoms with Gasteiger partial charge in [-0.25, -0.2) is 0 Å². The molecular formula is C19H14F6N2O2. The number of rotatable bonds is 1. The number of hydrogen-bond donors (Lipinski definition) is 1. The highest BCUT2D eigenvalue weighted by Crippen LogP contribution is 2.37. The van der Waals surface area contributed by atoms with Gasteiger partial charge in [-0.2, -0.15) is 26.3 Å². The van der Waals surface area contributed by atoms with Crippen molar-refractivity contribution < 1.29 is 35.9 Å². The van der Waals surface area contributed by atoms with E-state index in [-0.39, 0.29) is 19.2 Å². The molecule has 0 fully saturated rings. The topological polar surface area (TPSA) is 49.4 Å². The van der Waals surface area contributed by atoms with E-state index in [0.29, 0.717) is 18.6 Å². The Labute approximate surface area is 161 Å². The molecule has 0 saturated heterocycles. The van der Waals surface area contributed by atoms with Crippen LogP contribution in [0.3, 0.4) is 0 Å². The molecule has 0 aliphatic carbocycles. The minimum absolute atomic E-state index is 0.0565. The normalized spacial score (nSPS) is 14.3. The summed E-state index contributed by atoms with van der Waals surface area (Å²) >= 11 is 0. The molecule has 0 spiro atoms. The quantitative estimate of drug-likeness (QED) is 0.558. The second kappa shape index (κ2) is 7.41. The Morgan fingerprint density at radius 3 is 1.97 bits per heavy atom. The molecule has 1 aliphatic heterocycles. The Morgan fingerprint density at radius 1 is 0.862 bits per heavy atom. The number of hydrogen-bond acceptors (Lipinski definition) is 2. The summed E-state index contributed by atoms with van der Waals surface area (Å²) in [5.74, 6) is -2.35. The first-order valence-electron chi connectivity index (χ1n) is 8.41. The van der Waals surface area contributed by atoms with Gasteiger partial charge in [0.2, 0.25) is 0 Å². The smallest absolute Gasteiger partial charge is 0.330 e. The van der Waals surface area contributed by atoms with E-state index >= 15 is 0 Å². The van der Waals surface area contributed by atoms with Gasteiger partial charge in [0.05, 0.1) is 11.1 Å². The van der Waals surface area contributed by atoms with E-state index in [0.717, 1.165) is 11.1 Å². The lowest BCUT2D eigenvalue weighted by Crippen LogP contribution is -2.42. The molecule has 4 nitrogen and oxygen atoms in total. The van der Waals surface area contributed by atoms with Crippen LogP contribution >= 0.6 is 0 Å². The molecule has 0 atom stereocenters.